The van der Waals surface area contributed by atoms with Crippen LogP contribution in [0.3, 0.4) is 0 Å². The number of nitrogens with zero attached hydrogens (tertiary/aromatic N) is 3. The number of rotatable bonds is 6. The second-order valence-corrected chi connectivity index (χ2v) is 6.82. The summed E-state index contributed by atoms with van der Waals surface area (Å²) in [5.41, 5.74) is 0.868. The van der Waals surface area contributed by atoms with E-state index in [0.717, 1.165) is 0 Å². The lowest BCUT2D eigenvalue weighted by Gasteiger charge is -2.27. The van der Waals surface area contributed by atoms with Crippen LogP contribution in [-0.4, -0.2) is 47.3 Å². The fraction of sp³-hybridized carbons (Fsp3) is 0.300. The molecule has 1 aliphatic heterocycles. The summed E-state index contributed by atoms with van der Waals surface area (Å²) in [4.78, 5) is 34.0. The molecule has 0 radical (unpaired) electrons. The third-order valence-corrected chi connectivity index (χ3v) is 4.75. The quantitative estimate of drug-likeness (QED) is 0.629. The van der Waals surface area contributed by atoms with E-state index in [1.807, 2.05) is 4.90 Å². The van der Waals surface area contributed by atoms with Crippen LogP contribution in [-0.2, 0) is 11.2 Å². The summed E-state index contributed by atoms with van der Waals surface area (Å²) in [5.74, 6) is -0.349. The zero-order chi connectivity index (χ0) is 20.9. The number of halogens is 1. The fourth-order valence-electron chi connectivity index (χ4n) is 3.24. The fourth-order valence-corrected chi connectivity index (χ4v) is 3.24. The van der Waals surface area contributed by atoms with E-state index in [9.17, 15) is 14.0 Å². The molecule has 0 saturated carbocycles. The molecule has 3 heterocycles. The lowest BCUT2D eigenvalue weighted by atomic mass is 10.0. The number of aromatic amines is 1. The van der Waals surface area contributed by atoms with Crippen LogP contribution in [0.15, 0.2) is 51.9 Å². The molecular weight excluding hydrogens is 393 g/mol. The normalized spacial score (nSPS) is 15.0. The van der Waals surface area contributed by atoms with Gasteiger partial charge in [-0.15, -0.1) is 0 Å². The van der Waals surface area contributed by atoms with E-state index in [1.165, 1.54) is 30.5 Å². The number of hydrogen-bond acceptors (Lipinski definition) is 7. The highest BCUT2D eigenvalue weighted by Gasteiger charge is 2.21. The molecule has 1 aliphatic rings. The molecule has 30 heavy (non-hydrogen) atoms. The maximum atomic E-state index is 13.4. The van der Waals surface area contributed by atoms with Crippen molar-refractivity contribution >= 4 is 11.9 Å². The van der Waals surface area contributed by atoms with Crippen molar-refractivity contribution < 1.29 is 18.4 Å². The largest absolute Gasteiger partial charge is 0.378 e. The molecule has 3 aromatic rings. The van der Waals surface area contributed by atoms with Gasteiger partial charge < -0.3 is 19.5 Å². The van der Waals surface area contributed by atoms with Gasteiger partial charge in [0, 0.05) is 31.6 Å². The molecule has 156 valence electrons. The number of morpholine rings is 1. The first-order valence-electron chi connectivity index (χ1n) is 9.48. The third-order valence-electron chi connectivity index (χ3n) is 4.75. The van der Waals surface area contributed by atoms with E-state index in [0.29, 0.717) is 43.5 Å². The first kappa shape index (κ1) is 19.8. The summed E-state index contributed by atoms with van der Waals surface area (Å²) < 4.78 is 23.6. The maximum absolute atomic E-state index is 13.4. The molecule has 10 heteroatoms. The second-order valence-electron chi connectivity index (χ2n) is 6.82. The third kappa shape index (κ3) is 4.71. The smallest absolute Gasteiger partial charge is 0.290 e. The van der Waals surface area contributed by atoms with E-state index in [4.69, 9.17) is 9.26 Å². The Balaban J connectivity index is 1.60. The van der Waals surface area contributed by atoms with E-state index in [1.54, 1.807) is 12.1 Å². The SMILES string of the molecule is O=C(NC(Cc1cc(=O)[nH]c(N2CCOCC2)n1)c1ccc(F)cc1)c1ccno1. The van der Waals surface area contributed by atoms with Crippen LogP contribution in [0, 0.1) is 5.82 Å². The van der Waals surface area contributed by atoms with Crippen LogP contribution in [0.4, 0.5) is 10.3 Å². The van der Waals surface area contributed by atoms with Gasteiger partial charge in [0.05, 0.1) is 31.1 Å². The van der Waals surface area contributed by atoms with Crippen molar-refractivity contribution in [3.8, 4) is 0 Å². The first-order chi connectivity index (χ1) is 14.6. The van der Waals surface area contributed by atoms with E-state index in [2.05, 4.69) is 20.4 Å². The second kappa shape index (κ2) is 8.87. The number of ether oxygens (including phenoxy) is 1. The number of carbonyl (C=O) groups excluding carboxylic acids is 1. The van der Waals surface area contributed by atoms with Gasteiger partial charge in [-0.25, -0.2) is 9.37 Å². The van der Waals surface area contributed by atoms with Gasteiger partial charge in [0.2, 0.25) is 11.7 Å². The summed E-state index contributed by atoms with van der Waals surface area (Å²) in [6, 6.07) is 8.06. The molecule has 2 N–H and O–H groups in total. The van der Waals surface area contributed by atoms with Gasteiger partial charge in [-0.05, 0) is 17.7 Å². The van der Waals surface area contributed by atoms with Crippen LogP contribution < -0.4 is 15.8 Å². The van der Waals surface area contributed by atoms with Gasteiger partial charge in [0.1, 0.15) is 5.82 Å². The number of anilines is 1. The summed E-state index contributed by atoms with van der Waals surface area (Å²) in [7, 11) is 0. The van der Waals surface area contributed by atoms with Crippen LogP contribution >= 0.6 is 0 Å². The summed E-state index contributed by atoms with van der Waals surface area (Å²) in [6.45, 7) is 2.35. The Morgan fingerprint density at radius 1 is 1.23 bits per heavy atom. The van der Waals surface area contributed by atoms with Crippen molar-refractivity contribution in [1.82, 2.24) is 20.4 Å². The highest BCUT2D eigenvalue weighted by atomic mass is 19.1. The van der Waals surface area contributed by atoms with Gasteiger partial charge in [-0.1, -0.05) is 17.3 Å². The zero-order valence-corrected chi connectivity index (χ0v) is 16.0. The predicted octanol–water partition coefficient (Wildman–Crippen LogP) is 1.45. The van der Waals surface area contributed by atoms with E-state index in [-0.39, 0.29) is 23.6 Å². The zero-order valence-electron chi connectivity index (χ0n) is 16.0. The van der Waals surface area contributed by atoms with Crippen molar-refractivity contribution in [2.45, 2.75) is 12.5 Å². The van der Waals surface area contributed by atoms with Crippen LogP contribution in [0.5, 0.6) is 0 Å². The number of carbonyl (C=O) groups is 1. The Kier molecular flexibility index (Phi) is 5.84. The predicted molar refractivity (Wildman–Crippen MR) is 105 cm³/mol. The minimum Gasteiger partial charge on any atom is -0.378 e. The van der Waals surface area contributed by atoms with Crippen LogP contribution in [0.25, 0.3) is 0 Å². The molecule has 1 saturated heterocycles. The number of aromatic nitrogens is 3. The molecule has 0 aliphatic carbocycles. The standard InChI is InChI=1S/C20H20FN5O4/c21-14-3-1-13(2-4-14)16(24-19(28)17-5-6-22-30-17)11-15-12-18(27)25-20(23-15)26-7-9-29-10-8-26/h1-6,12,16H,7-11H2,(H,24,28)(H,23,25,27). The van der Waals surface area contributed by atoms with Gasteiger partial charge in [0.25, 0.3) is 11.5 Å². The molecule has 1 unspecified atom stereocenters. The number of benzene rings is 1. The Labute approximate surface area is 170 Å². The Morgan fingerprint density at radius 3 is 2.70 bits per heavy atom. The monoisotopic (exact) mass is 413 g/mol. The van der Waals surface area contributed by atoms with Crippen molar-refractivity contribution in [2.24, 2.45) is 0 Å². The molecule has 0 bridgehead atoms. The van der Waals surface area contributed by atoms with Crippen molar-refractivity contribution in [1.29, 1.82) is 0 Å². The van der Waals surface area contributed by atoms with Gasteiger partial charge in [0.15, 0.2) is 0 Å². The van der Waals surface area contributed by atoms with Gasteiger partial charge >= 0.3 is 0 Å². The number of amides is 1. The Bertz CT molecular complexity index is 1050. The summed E-state index contributed by atoms with van der Waals surface area (Å²) >= 11 is 0. The molecule has 1 atom stereocenters. The average molecular weight is 413 g/mol. The molecule has 2 aromatic heterocycles. The molecule has 4 rings (SSSR count). The first-order valence-corrected chi connectivity index (χ1v) is 9.48. The minimum atomic E-state index is -0.560. The molecule has 9 nitrogen and oxygen atoms in total. The minimum absolute atomic E-state index is 0.0509. The van der Waals surface area contributed by atoms with Crippen LogP contribution in [0.1, 0.15) is 27.9 Å². The Hall–Kier alpha value is -3.53. The van der Waals surface area contributed by atoms with Gasteiger partial charge in [-0.3, -0.25) is 14.6 Å². The van der Waals surface area contributed by atoms with E-state index < -0.39 is 11.9 Å². The molecule has 1 amide bonds. The topological polar surface area (TPSA) is 113 Å². The lowest BCUT2D eigenvalue weighted by molar-refractivity contribution is 0.0899. The molecule has 1 fully saturated rings. The molecule has 0 spiro atoms. The van der Waals surface area contributed by atoms with Crippen molar-refractivity contribution in [3.05, 3.63) is 75.8 Å². The molecule has 1 aromatic carbocycles. The van der Waals surface area contributed by atoms with Crippen molar-refractivity contribution in [3.63, 3.8) is 0 Å². The summed E-state index contributed by atoms with van der Waals surface area (Å²) in [5, 5.41) is 6.38. The summed E-state index contributed by atoms with van der Waals surface area (Å²) in [6.07, 6.45) is 1.60. The lowest BCUT2D eigenvalue weighted by Crippen LogP contribution is -2.38. The number of H-pyrrole nitrogens is 1. The maximum Gasteiger partial charge on any atom is 0.290 e. The van der Waals surface area contributed by atoms with Crippen molar-refractivity contribution in [2.75, 3.05) is 31.2 Å². The van der Waals surface area contributed by atoms with Crippen LogP contribution in [0.2, 0.25) is 0 Å². The van der Waals surface area contributed by atoms with E-state index >= 15 is 0 Å². The van der Waals surface area contributed by atoms with Gasteiger partial charge in [-0.2, -0.15) is 0 Å². The average Bonchev–Trinajstić information content (AvgIpc) is 3.29. The highest BCUT2D eigenvalue weighted by Crippen LogP contribution is 2.20. The number of hydrogen-bond donors (Lipinski definition) is 2. The number of nitrogens with one attached hydrogen (secondary N) is 2. The Morgan fingerprint density at radius 2 is 2.00 bits per heavy atom. The molecular formula is C20H20FN5O4. The highest BCUT2D eigenvalue weighted by molar-refractivity contribution is 5.91.